The highest BCUT2D eigenvalue weighted by atomic mass is 32.1. The molecule has 0 aliphatic heterocycles. The molecule has 0 saturated heterocycles. The number of nitrogens with one attached hydrogen (secondary N) is 1. The van der Waals surface area contributed by atoms with Crippen molar-refractivity contribution in [2.75, 3.05) is 12.3 Å². The van der Waals surface area contributed by atoms with Gasteiger partial charge in [-0.3, -0.25) is 9.79 Å². The van der Waals surface area contributed by atoms with E-state index in [9.17, 15) is 9.59 Å². The molecule has 0 rings (SSSR count). The number of aliphatic carboxylic acids is 1. The zero-order valence-electron chi connectivity index (χ0n) is 9.43. The number of amides is 1. The number of carboxylic acid groups (broad SMARTS) is 1. The van der Waals surface area contributed by atoms with Gasteiger partial charge in [0.2, 0.25) is 5.91 Å². The van der Waals surface area contributed by atoms with E-state index in [-0.39, 0.29) is 24.7 Å². The van der Waals surface area contributed by atoms with Crippen LogP contribution in [0, 0.1) is 0 Å². The highest BCUT2D eigenvalue weighted by molar-refractivity contribution is 7.80. The van der Waals surface area contributed by atoms with E-state index in [1.165, 1.54) is 0 Å². The number of aliphatic imine (C=N–C) groups is 1. The quantitative estimate of drug-likeness (QED) is 0.164. The van der Waals surface area contributed by atoms with E-state index in [2.05, 4.69) is 22.9 Å². The third-order valence-corrected chi connectivity index (χ3v) is 2.14. The number of nitrogens with two attached hydrogens (primary N) is 2. The fourth-order valence-electron chi connectivity index (χ4n) is 1.13. The van der Waals surface area contributed by atoms with E-state index < -0.39 is 12.0 Å². The van der Waals surface area contributed by atoms with Gasteiger partial charge in [0.25, 0.3) is 0 Å². The average molecular weight is 262 g/mol. The number of hydrogen-bond acceptors (Lipinski definition) is 4. The molecule has 0 aromatic rings. The average Bonchev–Trinajstić information content (AvgIpc) is 2.22. The van der Waals surface area contributed by atoms with Crippen LogP contribution in [0.2, 0.25) is 0 Å². The molecule has 0 aliphatic carbocycles. The summed E-state index contributed by atoms with van der Waals surface area (Å²) < 4.78 is 0. The van der Waals surface area contributed by atoms with Crippen LogP contribution >= 0.6 is 12.6 Å². The molecule has 17 heavy (non-hydrogen) atoms. The Morgan fingerprint density at radius 1 is 1.41 bits per heavy atom. The van der Waals surface area contributed by atoms with E-state index in [1.807, 2.05) is 0 Å². The fourth-order valence-corrected chi connectivity index (χ4v) is 1.33. The normalized spacial score (nSPS) is 11.6. The standard InChI is InChI=1S/C9H18N4O3S/c10-9(11)12-4-1-2-6(8(15)16)13-7(14)3-5-17/h6,17H,1-5H2,(H,13,14)(H,15,16)(H4,10,11,12)/t6-/m0/s1. The fraction of sp³-hybridized carbons (Fsp3) is 0.667. The van der Waals surface area contributed by atoms with Crippen molar-refractivity contribution in [2.24, 2.45) is 16.5 Å². The molecular formula is C9H18N4O3S. The SMILES string of the molecule is NC(N)=NCCC[C@H](NC(=O)CCS)C(=O)O. The number of carbonyl (C=O) groups excluding carboxylic acids is 1. The highest BCUT2D eigenvalue weighted by Crippen LogP contribution is 1.99. The summed E-state index contributed by atoms with van der Waals surface area (Å²) in [5.41, 5.74) is 10.2. The zero-order chi connectivity index (χ0) is 13.3. The lowest BCUT2D eigenvalue weighted by Gasteiger charge is -2.13. The second-order valence-corrected chi connectivity index (χ2v) is 3.83. The Hall–Kier alpha value is -1.44. The van der Waals surface area contributed by atoms with Crippen LogP contribution in [0.4, 0.5) is 0 Å². The molecule has 1 atom stereocenters. The number of rotatable bonds is 8. The van der Waals surface area contributed by atoms with Gasteiger partial charge in [-0.1, -0.05) is 0 Å². The molecule has 6 N–H and O–H groups in total. The third kappa shape index (κ3) is 8.38. The van der Waals surface area contributed by atoms with E-state index in [4.69, 9.17) is 16.6 Å². The highest BCUT2D eigenvalue weighted by Gasteiger charge is 2.18. The van der Waals surface area contributed by atoms with Crippen LogP contribution < -0.4 is 16.8 Å². The summed E-state index contributed by atoms with van der Waals surface area (Å²) in [4.78, 5) is 25.8. The number of thiol groups is 1. The van der Waals surface area contributed by atoms with Crippen LogP contribution in [0.1, 0.15) is 19.3 Å². The summed E-state index contributed by atoms with van der Waals surface area (Å²) in [5, 5.41) is 11.3. The first-order valence-electron chi connectivity index (χ1n) is 5.15. The minimum atomic E-state index is -1.07. The molecule has 0 aromatic carbocycles. The van der Waals surface area contributed by atoms with Gasteiger partial charge in [0, 0.05) is 13.0 Å². The number of hydrogen-bond donors (Lipinski definition) is 5. The lowest BCUT2D eigenvalue weighted by atomic mass is 10.1. The maximum Gasteiger partial charge on any atom is 0.326 e. The molecule has 0 bridgehead atoms. The number of carboxylic acids is 1. The van der Waals surface area contributed by atoms with Crippen molar-refractivity contribution in [1.29, 1.82) is 0 Å². The minimum Gasteiger partial charge on any atom is -0.480 e. The first-order valence-corrected chi connectivity index (χ1v) is 5.79. The molecule has 0 aliphatic rings. The van der Waals surface area contributed by atoms with Crippen LogP contribution in [-0.2, 0) is 9.59 Å². The van der Waals surface area contributed by atoms with Crippen molar-refractivity contribution < 1.29 is 14.7 Å². The Balaban J connectivity index is 4.03. The molecule has 0 spiro atoms. The van der Waals surface area contributed by atoms with E-state index in [0.717, 1.165) is 0 Å². The third-order valence-electron chi connectivity index (χ3n) is 1.92. The summed E-state index contributed by atoms with van der Waals surface area (Å²) in [6.45, 7) is 0.342. The van der Waals surface area contributed by atoms with Crippen molar-refractivity contribution in [1.82, 2.24) is 5.32 Å². The van der Waals surface area contributed by atoms with Gasteiger partial charge in [0.05, 0.1) is 0 Å². The van der Waals surface area contributed by atoms with Gasteiger partial charge in [-0.05, 0) is 18.6 Å². The van der Waals surface area contributed by atoms with E-state index >= 15 is 0 Å². The predicted molar refractivity (Wildman–Crippen MR) is 67.9 cm³/mol. The van der Waals surface area contributed by atoms with Crippen LogP contribution in [-0.4, -0.2) is 41.3 Å². The van der Waals surface area contributed by atoms with Gasteiger partial charge in [0.15, 0.2) is 5.96 Å². The van der Waals surface area contributed by atoms with Gasteiger partial charge in [-0.2, -0.15) is 12.6 Å². The van der Waals surface area contributed by atoms with Gasteiger partial charge in [0.1, 0.15) is 6.04 Å². The van der Waals surface area contributed by atoms with Crippen LogP contribution in [0.25, 0.3) is 0 Å². The molecule has 98 valence electrons. The number of guanidine groups is 1. The van der Waals surface area contributed by atoms with E-state index in [0.29, 0.717) is 18.7 Å². The molecule has 0 aromatic heterocycles. The summed E-state index contributed by atoms with van der Waals surface area (Å²) in [5.74, 6) is -1.04. The van der Waals surface area contributed by atoms with E-state index in [1.54, 1.807) is 0 Å². The summed E-state index contributed by atoms with van der Waals surface area (Å²) >= 11 is 3.89. The molecule has 8 heteroatoms. The van der Waals surface area contributed by atoms with Crippen LogP contribution in [0.3, 0.4) is 0 Å². The van der Waals surface area contributed by atoms with Gasteiger partial charge in [-0.15, -0.1) is 0 Å². The number of carbonyl (C=O) groups is 2. The van der Waals surface area contributed by atoms with Crippen molar-refractivity contribution in [3.63, 3.8) is 0 Å². The molecule has 0 saturated carbocycles. The molecule has 0 radical (unpaired) electrons. The van der Waals surface area contributed by atoms with Gasteiger partial charge >= 0.3 is 5.97 Å². The second kappa shape index (κ2) is 8.68. The molecule has 0 heterocycles. The molecule has 0 unspecified atom stereocenters. The van der Waals surface area contributed by atoms with Crippen molar-refractivity contribution >= 4 is 30.5 Å². The molecular weight excluding hydrogens is 244 g/mol. The summed E-state index contributed by atoms with van der Waals surface area (Å²) in [6.07, 6.45) is 0.960. The molecule has 0 fully saturated rings. The topological polar surface area (TPSA) is 131 Å². The Labute approximate surface area is 105 Å². The van der Waals surface area contributed by atoms with Crippen molar-refractivity contribution in [3.8, 4) is 0 Å². The Kier molecular flexibility index (Phi) is 7.95. The maximum atomic E-state index is 11.2. The van der Waals surface area contributed by atoms with Crippen molar-refractivity contribution in [2.45, 2.75) is 25.3 Å². The molecule has 1 amide bonds. The van der Waals surface area contributed by atoms with Crippen LogP contribution in [0.5, 0.6) is 0 Å². The minimum absolute atomic E-state index is 0.0315. The monoisotopic (exact) mass is 262 g/mol. The first-order chi connectivity index (χ1) is 7.97. The number of nitrogens with zero attached hydrogens (tertiary/aromatic N) is 1. The lowest BCUT2D eigenvalue weighted by molar-refractivity contribution is -0.142. The largest absolute Gasteiger partial charge is 0.480 e. The summed E-state index contributed by atoms with van der Waals surface area (Å²) in [6, 6.07) is -0.906. The van der Waals surface area contributed by atoms with Gasteiger partial charge < -0.3 is 21.9 Å². The zero-order valence-corrected chi connectivity index (χ0v) is 10.3. The smallest absolute Gasteiger partial charge is 0.326 e. The Morgan fingerprint density at radius 3 is 2.53 bits per heavy atom. The van der Waals surface area contributed by atoms with Gasteiger partial charge in [-0.25, -0.2) is 4.79 Å². The lowest BCUT2D eigenvalue weighted by Crippen LogP contribution is -2.41. The van der Waals surface area contributed by atoms with Crippen molar-refractivity contribution in [3.05, 3.63) is 0 Å². The molecule has 7 nitrogen and oxygen atoms in total. The summed E-state index contributed by atoms with van der Waals surface area (Å²) in [7, 11) is 0. The second-order valence-electron chi connectivity index (χ2n) is 3.38. The predicted octanol–water partition coefficient (Wildman–Crippen LogP) is -1.07. The Morgan fingerprint density at radius 2 is 2.06 bits per heavy atom. The maximum absolute atomic E-state index is 11.2. The first kappa shape index (κ1) is 15.6. The Bertz CT molecular complexity index is 292. The van der Waals surface area contributed by atoms with Crippen LogP contribution in [0.15, 0.2) is 4.99 Å².